The highest BCUT2D eigenvalue weighted by Gasteiger charge is 2.18. The highest BCUT2D eigenvalue weighted by Crippen LogP contribution is 2.37. The minimum absolute atomic E-state index is 0.0236. The summed E-state index contributed by atoms with van der Waals surface area (Å²) in [6.45, 7) is 10.5. The maximum absolute atomic E-state index is 13.6. The Balaban J connectivity index is 2.61. The van der Waals surface area contributed by atoms with Crippen molar-refractivity contribution in [3.05, 3.63) is 69.0 Å². The van der Waals surface area contributed by atoms with E-state index in [4.69, 9.17) is 0 Å². The minimum atomic E-state index is -0.177. The standard InChI is InChI=1S/C18H20BrF/c1-10-6-15(9-16(20)7-10)18(19)17-13(4)11(2)8-12(3)14(17)5/h6-9,18H,1-5H3. The van der Waals surface area contributed by atoms with Crippen LogP contribution in [0.15, 0.2) is 24.3 Å². The number of benzene rings is 2. The predicted octanol–water partition coefficient (Wildman–Crippen LogP) is 5.85. The largest absolute Gasteiger partial charge is 0.207 e. The zero-order valence-electron chi connectivity index (χ0n) is 12.6. The van der Waals surface area contributed by atoms with Crippen molar-refractivity contribution in [2.45, 2.75) is 39.4 Å². The highest BCUT2D eigenvalue weighted by atomic mass is 79.9. The van der Waals surface area contributed by atoms with Crippen molar-refractivity contribution in [1.82, 2.24) is 0 Å². The SMILES string of the molecule is Cc1cc(F)cc(C(Br)c2c(C)c(C)cc(C)c2C)c1. The number of rotatable bonds is 2. The molecule has 2 aromatic rings. The lowest BCUT2D eigenvalue weighted by Gasteiger charge is -2.20. The number of hydrogen-bond donors (Lipinski definition) is 0. The first kappa shape index (κ1) is 15.2. The van der Waals surface area contributed by atoms with Gasteiger partial charge in [0.05, 0.1) is 4.83 Å². The minimum Gasteiger partial charge on any atom is -0.207 e. The fraction of sp³-hybridized carbons (Fsp3) is 0.333. The lowest BCUT2D eigenvalue weighted by atomic mass is 9.90. The monoisotopic (exact) mass is 334 g/mol. The zero-order chi connectivity index (χ0) is 15.0. The van der Waals surface area contributed by atoms with Crippen LogP contribution < -0.4 is 0 Å². The molecule has 0 amide bonds. The molecule has 20 heavy (non-hydrogen) atoms. The van der Waals surface area contributed by atoms with E-state index in [0.29, 0.717) is 0 Å². The van der Waals surface area contributed by atoms with E-state index in [0.717, 1.165) is 11.1 Å². The number of aryl methyl sites for hydroxylation is 3. The third-order valence-corrected chi connectivity index (χ3v) is 5.02. The van der Waals surface area contributed by atoms with Gasteiger partial charge < -0.3 is 0 Å². The maximum Gasteiger partial charge on any atom is 0.123 e. The molecule has 2 rings (SSSR count). The van der Waals surface area contributed by atoms with Gasteiger partial charge in [-0.1, -0.05) is 28.1 Å². The smallest absolute Gasteiger partial charge is 0.123 e. The van der Waals surface area contributed by atoms with Crippen molar-refractivity contribution in [2.75, 3.05) is 0 Å². The fourth-order valence-corrected chi connectivity index (χ4v) is 3.66. The van der Waals surface area contributed by atoms with E-state index in [1.165, 1.54) is 27.8 Å². The van der Waals surface area contributed by atoms with Gasteiger partial charge >= 0.3 is 0 Å². The van der Waals surface area contributed by atoms with Gasteiger partial charge in [-0.15, -0.1) is 0 Å². The first-order valence-corrected chi connectivity index (χ1v) is 7.71. The van der Waals surface area contributed by atoms with Gasteiger partial charge in [0.15, 0.2) is 0 Å². The van der Waals surface area contributed by atoms with E-state index in [-0.39, 0.29) is 10.6 Å². The summed E-state index contributed by atoms with van der Waals surface area (Å²) in [6.07, 6.45) is 0. The molecule has 0 heterocycles. The zero-order valence-corrected chi connectivity index (χ0v) is 14.2. The molecule has 0 radical (unpaired) electrons. The fourth-order valence-electron chi connectivity index (χ4n) is 2.71. The number of halogens is 2. The Morgan fingerprint density at radius 1 is 0.850 bits per heavy atom. The summed E-state index contributed by atoms with van der Waals surface area (Å²) in [6, 6.07) is 7.43. The van der Waals surface area contributed by atoms with Crippen molar-refractivity contribution >= 4 is 15.9 Å². The molecule has 0 aromatic heterocycles. The van der Waals surface area contributed by atoms with Gasteiger partial charge in [-0.3, -0.25) is 0 Å². The lowest BCUT2D eigenvalue weighted by molar-refractivity contribution is 0.624. The summed E-state index contributed by atoms with van der Waals surface area (Å²) in [5.41, 5.74) is 8.28. The summed E-state index contributed by atoms with van der Waals surface area (Å²) in [7, 11) is 0. The second kappa shape index (κ2) is 5.69. The number of alkyl halides is 1. The van der Waals surface area contributed by atoms with E-state index in [1.807, 2.05) is 13.0 Å². The summed E-state index contributed by atoms with van der Waals surface area (Å²) in [5.74, 6) is -0.177. The van der Waals surface area contributed by atoms with Gasteiger partial charge in [0.1, 0.15) is 5.82 Å². The molecule has 0 bridgehead atoms. The summed E-state index contributed by atoms with van der Waals surface area (Å²) < 4.78 is 13.6. The highest BCUT2D eigenvalue weighted by molar-refractivity contribution is 9.09. The molecule has 0 spiro atoms. The summed E-state index contributed by atoms with van der Waals surface area (Å²) in [4.78, 5) is 0.0236. The van der Waals surface area contributed by atoms with Gasteiger partial charge in [-0.2, -0.15) is 0 Å². The van der Waals surface area contributed by atoms with Crippen LogP contribution in [0.3, 0.4) is 0 Å². The second-order valence-corrected chi connectivity index (χ2v) is 6.51. The normalized spacial score (nSPS) is 12.6. The molecule has 0 aliphatic carbocycles. The van der Waals surface area contributed by atoms with Gasteiger partial charge in [0.2, 0.25) is 0 Å². The van der Waals surface area contributed by atoms with Crippen molar-refractivity contribution < 1.29 is 4.39 Å². The molecule has 0 aliphatic rings. The first-order chi connectivity index (χ1) is 9.31. The third-order valence-electron chi connectivity index (χ3n) is 4.03. The molecule has 106 valence electrons. The van der Waals surface area contributed by atoms with Gasteiger partial charge in [-0.05, 0) is 85.7 Å². The summed E-state index contributed by atoms with van der Waals surface area (Å²) in [5, 5.41) is 0. The van der Waals surface area contributed by atoms with Crippen molar-refractivity contribution in [2.24, 2.45) is 0 Å². The molecule has 0 fully saturated rings. The second-order valence-electron chi connectivity index (χ2n) is 5.60. The topological polar surface area (TPSA) is 0 Å². The van der Waals surface area contributed by atoms with Crippen LogP contribution in [-0.4, -0.2) is 0 Å². The predicted molar refractivity (Wildman–Crippen MR) is 87.3 cm³/mol. The van der Waals surface area contributed by atoms with Crippen LogP contribution in [0, 0.1) is 40.4 Å². The van der Waals surface area contributed by atoms with Gasteiger partial charge in [0.25, 0.3) is 0 Å². The van der Waals surface area contributed by atoms with Crippen molar-refractivity contribution in [3.63, 3.8) is 0 Å². The van der Waals surface area contributed by atoms with E-state index in [9.17, 15) is 4.39 Å². The molecule has 1 atom stereocenters. The van der Waals surface area contributed by atoms with Gasteiger partial charge in [-0.25, -0.2) is 4.39 Å². The van der Waals surface area contributed by atoms with Crippen LogP contribution in [0.25, 0.3) is 0 Å². The molecule has 0 N–H and O–H groups in total. The molecule has 0 saturated heterocycles. The first-order valence-electron chi connectivity index (χ1n) is 6.79. The molecule has 1 unspecified atom stereocenters. The van der Waals surface area contributed by atoms with E-state index in [1.54, 1.807) is 12.1 Å². The van der Waals surface area contributed by atoms with Crippen LogP contribution in [-0.2, 0) is 0 Å². The Labute approximate surface area is 129 Å². The molecule has 0 nitrogen and oxygen atoms in total. The van der Waals surface area contributed by atoms with E-state index in [2.05, 4.69) is 49.7 Å². The van der Waals surface area contributed by atoms with Crippen LogP contribution in [0.1, 0.15) is 43.8 Å². The molecule has 2 aromatic carbocycles. The number of hydrogen-bond acceptors (Lipinski definition) is 0. The Hall–Kier alpha value is -1.15. The van der Waals surface area contributed by atoms with E-state index < -0.39 is 0 Å². The Kier molecular flexibility index (Phi) is 4.33. The van der Waals surface area contributed by atoms with Gasteiger partial charge in [0, 0.05) is 0 Å². The Morgan fingerprint density at radius 2 is 1.40 bits per heavy atom. The molecule has 2 heteroatoms. The van der Waals surface area contributed by atoms with Crippen LogP contribution >= 0.6 is 15.9 Å². The van der Waals surface area contributed by atoms with E-state index >= 15 is 0 Å². The van der Waals surface area contributed by atoms with Crippen LogP contribution in [0.2, 0.25) is 0 Å². The average Bonchev–Trinajstić information content (AvgIpc) is 2.35. The summed E-state index contributed by atoms with van der Waals surface area (Å²) >= 11 is 3.77. The average molecular weight is 335 g/mol. The Bertz CT molecular complexity index is 612. The van der Waals surface area contributed by atoms with Crippen molar-refractivity contribution in [3.8, 4) is 0 Å². The van der Waals surface area contributed by atoms with Crippen molar-refractivity contribution in [1.29, 1.82) is 0 Å². The van der Waals surface area contributed by atoms with Crippen LogP contribution in [0.4, 0.5) is 4.39 Å². The third kappa shape index (κ3) is 2.80. The molecular formula is C18H20BrF. The molecular weight excluding hydrogens is 315 g/mol. The molecule has 0 saturated carbocycles. The quantitative estimate of drug-likeness (QED) is 0.604. The maximum atomic E-state index is 13.6. The van der Waals surface area contributed by atoms with Crippen LogP contribution in [0.5, 0.6) is 0 Å². The Morgan fingerprint density at radius 3 is 1.90 bits per heavy atom. The molecule has 0 aliphatic heterocycles. The lowest BCUT2D eigenvalue weighted by Crippen LogP contribution is -2.04.